The quantitative estimate of drug-likeness (QED) is 0.540. The lowest BCUT2D eigenvalue weighted by Crippen LogP contribution is -2.42. The first kappa shape index (κ1) is 22.0. The van der Waals surface area contributed by atoms with Gasteiger partial charge >= 0.3 is 0 Å². The lowest BCUT2D eigenvalue weighted by atomic mass is 9.87. The predicted octanol–water partition coefficient (Wildman–Crippen LogP) is 5.92. The molecule has 3 heterocycles. The van der Waals surface area contributed by atoms with Gasteiger partial charge in [0.05, 0.1) is 11.3 Å². The topological polar surface area (TPSA) is 52.2 Å². The van der Waals surface area contributed by atoms with Crippen molar-refractivity contribution in [3.05, 3.63) is 52.8 Å². The number of aliphatic hydroxyl groups is 1. The molecule has 0 amide bonds. The summed E-state index contributed by atoms with van der Waals surface area (Å²) in [6.45, 7) is 15.4. The number of H-pyrrole nitrogens is 1. The molecule has 1 aromatic carbocycles. The smallest absolute Gasteiger partial charge is 0.0718 e. The maximum atomic E-state index is 10.1. The highest BCUT2D eigenvalue weighted by Crippen LogP contribution is 2.39. The highest BCUT2D eigenvalue weighted by molar-refractivity contribution is 5.92. The Hall–Kier alpha value is -2.17. The van der Waals surface area contributed by atoms with E-state index in [-0.39, 0.29) is 0 Å². The van der Waals surface area contributed by atoms with Crippen LogP contribution in [-0.2, 0) is 0 Å². The third kappa shape index (κ3) is 4.70. The van der Waals surface area contributed by atoms with Gasteiger partial charge in [-0.3, -0.25) is 4.98 Å². The molecular weight excluding hydrogens is 382 g/mol. The number of aromatic amines is 1. The number of nitrogens with one attached hydrogen (secondary N) is 1. The van der Waals surface area contributed by atoms with Crippen molar-refractivity contribution < 1.29 is 5.11 Å². The van der Waals surface area contributed by atoms with Crippen LogP contribution in [0.15, 0.2) is 30.5 Å². The standard InChI is InChI=1S/C27H37N3O/c1-17(2)25-23-14-21(20-9-11-30(12-10-20)16-27(5,6)31)7-8-24(23)29-26(25)22-13-19(4)28-15-18(22)3/h7-8,13-15,17,20,29,31H,9-12,16H2,1-6H3. The monoisotopic (exact) mass is 419 g/mol. The Balaban J connectivity index is 1.67. The van der Waals surface area contributed by atoms with Gasteiger partial charge in [-0.05, 0) is 100 Å². The number of benzene rings is 1. The van der Waals surface area contributed by atoms with Crippen molar-refractivity contribution in [1.82, 2.24) is 14.9 Å². The molecule has 31 heavy (non-hydrogen) atoms. The van der Waals surface area contributed by atoms with Gasteiger partial charge < -0.3 is 15.0 Å². The summed E-state index contributed by atoms with van der Waals surface area (Å²) >= 11 is 0. The molecule has 3 aromatic rings. The second kappa shape index (κ2) is 8.40. The van der Waals surface area contributed by atoms with E-state index in [0.29, 0.717) is 11.8 Å². The van der Waals surface area contributed by atoms with Crippen molar-refractivity contribution in [3.63, 3.8) is 0 Å². The molecular formula is C27H37N3O. The number of likely N-dealkylation sites (tertiary alicyclic amines) is 1. The van der Waals surface area contributed by atoms with Gasteiger partial charge in [0.25, 0.3) is 0 Å². The fourth-order valence-corrected chi connectivity index (χ4v) is 5.17. The van der Waals surface area contributed by atoms with E-state index in [0.717, 1.165) is 38.2 Å². The van der Waals surface area contributed by atoms with Gasteiger partial charge in [-0.15, -0.1) is 0 Å². The fourth-order valence-electron chi connectivity index (χ4n) is 5.17. The summed E-state index contributed by atoms with van der Waals surface area (Å²) in [5.74, 6) is 1.02. The Labute approximate surface area is 186 Å². The first-order valence-corrected chi connectivity index (χ1v) is 11.7. The number of hydrogen-bond acceptors (Lipinski definition) is 3. The van der Waals surface area contributed by atoms with Crippen LogP contribution in [0.4, 0.5) is 0 Å². The average Bonchev–Trinajstić information content (AvgIpc) is 3.08. The van der Waals surface area contributed by atoms with Crippen molar-refractivity contribution >= 4 is 10.9 Å². The van der Waals surface area contributed by atoms with Crippen LogP contribution >= 0.6 is 0 Å². The van der Waals surface area contributed by atoms with Crippen molar-refractivity contribution in [2.45, 2.75) is 71.8 Å². The molecule has 1 aliphatic rings. The molecule has 4 rings (SSSR count). The van der Waals surface area contributed by atoms with Crippen molar-refractivity contribution in [2.75, 3.05) is 19.6 Å². The van der Waals surface area contributed by atoms with Gasteiger partial charge in [-0.2, -0.15) is 0 Å². The molecule has 0 unspecified atom stereocenters. The molecule has 4 heteroatoms. The number of aryl methyl sites for hydroxylation is 2. The molecule has 1 fully saturated rings. The third-order valence-electron chi connectivity index (χ3n) is 6.62. The number of rotatable bonds is 5. The van der Waals surface area contributed by atoms with E-state index in [1.807, 2.05) is 20.0 Å². The summed E-state index contributed by atoms with van der Waals surface area (Å²) < 4.78 is 0. The van der Waals surface area contributed by atoms with Crippen LogP contribution in [0.25, 0.3) is 22.2 Å². The van der Waals surface area contributed by atoms with E-state index in [1.54, 1.807) is 0 Å². The zero-order chi connectivity index (χ0) is 22.3. The number of pyridine rings is 1. The summed E-state index contributed by atoms with van der Waals surface area (Å²) in [4.78, 5) is 10.6. The molecule has 166 valence electrons. The average molecular weight is 420 g/mol. The zero-order valence-electron chi connectivity index (χ0n) is 19.9. The molecule has 2 N–H and O–H groups in total. The normalized spacial score (nSPS) is 16.5. The van der Waals surface area contributed by atoms with E-state index in [1.165, 1.54) is 38.9 Å². The van der Waals surface area contributed by atoms with Gasteiger partial charge in [0.2, 0.25) is 0 Å². The van der Waals surface area contributed by atoms with Gasteiger partial charge in [0, 0.05) is 34.9 Å². The lowest BCUT2D eigenvalue weighted by Gasteiger charge is -2.35. The number of piperidine rings is 1. The van der Waals surface area contributed by atoms with Crippen LogP contribution in [-0.4, -0.2) is 45.2 Å². The maximum absolute atomic E-state index is 10.1. The second-order valence-electron chi connectivity index (χ2n) is 10.4. The molecule has 0 radical (unpaired) electrons. The van der Waals surface area contributed by atoms with Gasteiger partial charge in [0.15, 0.2) is 0 Å². The molecule has 1 saturated heterocycles. The Bertz CT molecular complexity index is 1070. The molecule has 4 nitrogen and oxygen atoms in total. The molecule has 0 atom stereocenters. The van der Waals surface area contributed by atoms with Crippen molar-refractivity contribution in [3.8, 4) is 11.3 Å². The number of hydrogen-bond donors (Lipinski definition) is 2. The minimum absolute atomic E-state index is 0.431. The highest BCUT2D eigenvalue weighted by Gasteiger charge is 2.26. The van der Waals surface area contributed by atoms with Crippen molar-refractivity contribution in [1.29, 1.82) is 0 Å². The maximum Gasteiger partial charge on any atom is 0.0718 e. The molecule has 0 bridgehead atoms. The zero-order valence-corrected chi connectivity index (χ0v) is 19.9. The van der Waals surface area contributed by atoms with Crippen LogP contribution in [0.3, 0.4) is 0 Å². The van der Waals surface area contributed by atoms with Gasteiger partial charge in [-0.25, -0.2) is 0 Å². The number of β-amino-alcohol motifs (C(OH)–C–C–N with tert-alkyl or cyclic N) is 1. The predicted molar refractivity (Wildman–Crippen MR) is 130 cm³/mol. The highest BCUT2D eigenvalue weighted by atomic mass is 16.3. The largest absolute Gasteiger partial charge is 0.389 e. The van der Waals surface area contributed by atoms with Crippen LogP contribution in [0, 0.1) is 13.8 Å². The number of fused-ring (bicyclic) bond motifs is 1. The fraction of sp³-hybridized carbons (Fsp3) is 0.519. The van der Waals surface area contributed by atoms with Gasteiger partial charge in [0.1, 0.15) is 0 Å². The first-order valence-electron chi connectivity index (χ1n) is 11.7. The summed E-state index contributed by atoms with van der Waals surface area (Å²) in [5, 5.41) is 11.5. The number of nitrogens with zero attached hydrogens (tertiary/aromatic N) is 2. The van der Waals surface area contributed by atoms with E-state index in [4.69, 9.17) is 0 Å². The van der Waals surface area contributed by atoms with Crippen molar-refractivity contribution in [2.24, 2.45) is 0 Å². The summed E-state index contributed by atoms with van der Waals surface area (Å²) in [6.07, 6.45) is 4.28. The number of aromatic nitrogens is 2. The second-order valence-corrected chi connectivity index (χ2v) is 10.4. The van der Waals surface area contributed by atoms with E-state index >= 15 is 0 Å². The lowest BCUT2D eigenvalue weighted by molar-refractivity contribution is 0.0282. The van der Waals surface area contributed by atoms with Gasteiger partial charge in [-0.1, -0.05) is 19.9 Å². The van der Waals surface area contributed by atoms with E-state index in [2.05, 4.69) is 66.8 Å². The molecule has 1 aliphatic heterocycles. The van der Waals surface area contributed by atoms with Crippen LogP contribution in [0.5, 0.6) is 0 Å². The Morgan fingerprint density at radius 3 is 2.52 bits per heavy atom. The Morgan fingerprint density at radius 1 is 1.16 bits per heavy atom. The van der Waals surface area contributed by atoms with Crippen LogP contribution in [0.2, 0.25) is 0 Å². The van der Waals surface area contributed by atoms with Crippen LogP contribution in [0.1, 0.15) is 74.8 Å². The van der Waals surface area contributed by atoms with E-state index < -0.39 is 5.60 Å². The van der Waals surface area contributed by atoms with Crippen LogP contribution < -0.4 is 0 Å². The molecule has 2 aromatic heterocycles. The SMILES string of the molecule is Cc1cc(-c2[nH]c3ccc(C4CCN(CC(C)(C)O)CC4)cc3c2C(C)C)c(C)cn1. The summed E-state index contributed by atoms with van der Waals surface area (Å²) in [6, 6.07) is 9.22. The summed E-state index contributed by atoms with van der Waals surface area (Å²) in [7, 11) is 0. The molecule has 0 aliphatic carbocycles. The molecule has 0 spiro atoms. The molecule has 0 saturated carbocycles. The first-order chi connectivity index (χ1) is 14.6. The summed E-state index contributed by atoms with van der Waals surface area (Å²) in [5.41, 5.74) is 8.21. The minimum atomic E-state index is -0.622. The Morgan fingerprint density at radius 2 is 1.87 bits per heavy atom. The Kier molecular flexibility index (Phi) is 5.97. The van der Waals surface area contributed by atoms with E-state index in [9.17, 15) is 5.11 Å². The minimum Gasteiger partial charge on any atom is -0.389 e. The third-order valence-corrected chi connectivity index (χ3v) is 6.62.